The maximum atomic E-state index is 12.2. The number of carbonyl (C=O) groups excluding carboxylic acids is 1. The first kappa shape index (κ1) is 17.8. The predicted molar refractivity (Wildman–Crippen MR) is 102 cm³/mol. The van der Waals surface area contributed by atoms with Gasteiger partial charge in [0.05, 0.1) is 6.04 Å². The van der Waals surface area contributed by atoms with Crippen molar-refractivity contribution < 1.29 is 9.53 Å². The Morgan fingerprint density at radius 3 is 2.48 bits per heavy atom. The van der Waals surface area contributed by atoms with Gasteiger partial charge in [-0.3, -0.25) is 4.79 Å². The van der Waals surface area contributed by atoms with Gasteiger partial charge in [-0.05, 0) is 78.3 Å². The number of ether oxygens (including phenoxy) is 1. The van der Waals surface area contributed by atoms with Gasteiger partial charge in [-0.1, -0.05) is 30.7 Å². The van der Waals surface area contributed by atoms with Gasteiger partial charge in [0.15, 0.2) is 6.61 Å². The van der Waals surface area contributed by atoms with E-state index in [1.807, 2.05) is 24.3 Å². The Kier molecular flexibility index (Phi) is 6.45. The average Bonchev–Trinajstić information content (AvgIpc) is 2.52. The van der Waals surface area contributed by atoms with Crippen LogP contribution in [0.5, 0.6) is 5.75 Å². The lowest BCUT2D eigenvalue weighted by Crippen LogP contribution is -2.32. The van der Waals surface area contributed by atoms with Crippen LogP contribution >= 0.6 is 22.6 Å². The molecule has 0 unspecified atom stereocenters. The standard InChI is InChI=1S/C19H22INO2/c1-4-18(17-10-5-13(2)11-14(17)3)21-19(22)12-23-16-8-6-15(20)7-9-16/h5-11,18H,4,12H2,1-3H3,(H,21,22)/t18-/m1/s1. The van der Waals surface area contributed by atoms with Crippen LogP contribution in [-0.2, 0) is 4.79 Å². The van der Waals surface area contributed by atoms with Crippen molar-refractivity contribution >= 4 is 28.5 Å². The minimum Gasteiger partial charge on any atom is -0.484 e. The average molecular weight is 423 g/mol. The molecule has 4 heteroatoms. The number of nitrogens with one attached hydrogen (secondary N) is 1. The van der Waals surface area contributed by atoms with Crippen molar-refractivity contribution in [2.45, 2.75) is 33.2 Å². The van der Waals surface area contributed by atoms with E-state index in [0.29, 0.717) is 5.75 Å². The number of rotatable bonds is 6. The maximum Gasteiger partial charge on any atom is 0.258 e. The van der Waals surface area contributed by atoms with Crippen molar-refractivity contribution in [2.75, 3.05) is 6.61 Å². The number of halogens is 1. The summed E-state index contributed by atoms with van der Waals surface area (Å²) in [5.41, 5.74) is 3.60. The topological polar surface area (TPSA) is 38.3 Å². The van der Waals surface area contributed by atoms with Crippen LogP contribution in [0.15, 0.2) is 42.5 Å². The monoisotopic (exact) mass is 423 g/mol. The quantitative estimate of drug-likeness (QED) is 0.693. The fraction of sp³-hybridized carbons (Fsp3) is 0.316. The highest BCUT2D eigenvalue weighted by Crippen LogP contribution is 2.21. The molecule has 2 rings (SSSR count). The summed E-state index contributed by atoms with van der Waals surface area (Å²) in [4.78, 5) is 12.2. The number of hydrogen-bond donors (Lipinski definition) is 1. The molecule has 0 bridgehead atoms. The summed E-state index contributed by atoms with van der Waals surface area (Å²) in [5.74, 6) is 0.607. The zero-order chi connectivity index (χ0) is 16.8. The number of hydrogen-bond acceptors (Lipinski definition) is 2. The minimum atomic E-state index is -0.102. The fourth-order valence-electron chi connectivity index (χ4n) is 2.53. The van der Waals surface area contributed by atoms with Gasteiger partial charge in [0, 0.05) is 3.57 Å². The first-order valence-electron chi connectivity index (χ1n) is 7.74. The molecule has 0 aliphatic heterocycles. The molecule has 1 N–H and O–H groups in total. The first-order valence-corrected chi connectivity index (χ1v) is 8.82. The van der Waals surface area contributed by atoms with Crippen LogP contribution < -0.4 is 10.1 Å². The van der Waals surface area contributed by atoms with E-state index in [-0.39, 0.29) is 18.6 Å². The van der Waals surface area contributed by atoms with Crippen LogP contribution in [0.2, 0.25) is 0 Å². The van der Waals surface area contributed by atoms with Gasteiger partial charge in [-0.25, -0.2) is 0 Å². The second-order valence-electron chi connectivity index (χ2n) is 5.63. The second kappa shape index (κ2) is 8.34. The Morgan fingerprint density at radius 1 is 1.17 bits per heavy atom. The molecule has 0 radical (unpaired) electrons. The number of amides is 1. The summed E-state index contributed by atoms with van der Waals surface area (Å²) < 4.78 is 6.68. The molecule has 0 spiro atoms. The summed E-state index contributed by atoms with van der Waals surface area (Å²) in [7, 11) is 0. The van der Waals surface area contributed by atoms with Gasteiger partial charge in [0.1, 0.15) is 5.75 Å². The molecular weight excluding hydrogens is 401 g/mol. The number of aryl methyl sites for hydroxylation is 2. The SMILES string of the molecule is CC[C@@H](NC(=O)COc1ccc(I)cc1)c1ccc(C)cc1C. The third-order valence-corrected chi connectivity index (χ3v) is 4.45. The Balaban J connectivity index is 1.95. The zero-order valence-electron chi connectivity index (χ0n) is 13.7. The first-order chi connectivity index (χ1) is 11.0. The van der Waals surface area contributed by atoms with Crippen LogP contribution in [-0.4, -0.2) is 12.5 Å². The molecule has 1 atom stereocenters. The van der Waals surface area contributed by atoms with Gasteiger partial charge in [0.25, 0.3) is 5.91 Å². The van der Waals surface area contributed by atoms with Gasteiger partial charge in [0.2, 0.25) is 0 Å². The Hall–Kier alpha value is -1.56. The Bertz CT molecular complexity index is 668. The minimum absolute atomic E-state index is 0.0171. The fourth-order valence-corrected chi connectivity index (χ4v) is 2.89. The van der Waals surface area contributed by atoms with Gasteiger partial charge >= 0.3 is 0 Å². The summed E-state index contributed by atoms with van der Waals surface area (Å²) in [5, 5.41) is 3.06. The molecule has 0 aromatic heterocycles. The highest BCUT2D eigenvalue weighted by molar-refractivity contribution is 14.1. The van der Waals surface area contributed by atoms with Crippen LogP contribution in [0.25, 0.3) is 0 Å². The van der Waals surface area contributed by atoms with E-state index in [9.17, 15) is 4.79 Å². The molecule has 0 aliphatic rings. The molecule has 0 fully saturated rings. The molecule has 1 amide bonds. The lowest BCUT2D eigenvalue weighted by molar-refractivity contribution is -0.123. The third-order valence-electron chi connectivity index (χ3n) is 3.73. The zero-order valence-corrected chi connectivity index (χ0v) is 15.9. The predicted octanol–water partition coefficient (Wildman–Crippen LogP) is 4.55. The lowest BCUT2D eigenvalue weighted by Gasteiger charge is -2.20. The van der Waals surface area contributed by atoms with Crippen molar-refractivity contribution in [3.63, 3.8) is 0 Å². The maximum absolute atomic E-state index is 12.2. The molecule has 122 valence electrons. The van der Waals surface area contributed by atoms with Crippen molar-refractivity contribution in [3.8, 4) is 5.75 Å². The van der Waals surface area contributed by atoms with E-state index >= 15 is 0 Å². The molecule has 2 aromatic carbocycles. The third kappa shape index (κ3) is 5.23. The second-order valence-corrected chi connectivity index (χ2v) is 6.88. The van der Waals surface area contributed by atoms with Gasteiger partial charge < -0.3 is 10.1 Å². The molecule has 0 heterocycles. The van der Waals surface area contributed by atoms with Crippen molar-refractivity contribution in [3.05, 3.63) is 62.7 Å². The molecule has 0 saturated carbocycles. The number of carbonyl (C=O) groups is 1. The molecular formula is C19H22INO2. The molecule has 0 aliphatic carbocycles. The van der Waals surface area contributed by atoms with Crippen molar-refractivity contribution in [2.24, 2.45) is 0 Å². The van der Waals surface area contributed by atoms with Gasteiger partial charge in [-0.15, -0.1) is 0 Å². The number of benzene rings is 2. The van der Waals surface area contributed by atoms with E-state index in [0.717, 1.165) is 9.99 Å². The van der Waals surface area contributed by atoms with E-state index in [4.69, 9.17) is 4.74 Å². The highest BCUT2D eigenvalue weighted by Gasteiger charge is 2.15. The van der Waals surface area contributed by atoms with Crippen LogP contribution in [0.4, 0.5) is 0 Å². The van der Waals surface area contributed by atoms with Crippen LogP contribution in [0, 0.1) is 17.4 Å². The van der Waals surface area contributed by atoms with Crippen molar-refractivity contribution in [1.82, 2.24) is 5.32 Å². The Morgan fingerprint density at radius 2 is 1.87 bits per heavy atom. The lowest BCUT2D eigenvalue weighted by atomic mass is 9.97. The summed E-state index contributed by atoms with van der Waals surface area (Å²) in [6.07, 6.45) is 0.846. The summed E-state index contributed by atoms with van der Waals surface area (Å²) >= 11 is 2.24. The van der Waals surface area contributed by atoms with Crippen LogP contribution in [0.1, 0.15) is 36.1 Å². The smallest absolute Gasteiger partial charge is 0.258 e. The van der Waals surface area contributed by atoms with E-state index in [1.165, 1.54) is 16.7 Å². The summed E-state index contributed by atoms with van der Waals surface area (Å²) in [6.45, 7) is 6.26. The molecule has 2 aromatic rings. The highest BCUT2D eigenvalue weighted by atomic mass is 127. The van der Waals surface area contributed by atoms with E-state index in [2.05, 4.69) is 66.9 Å². The van der Waals surface area contributed by atoms with Crippen LogP contribution in [0.3, 0.4) is 0 Å². The Labute approximate surface area is 151 Å². The summed E-state index contributed by atoms with van der Waals surface area (Å²) in [6, 6.07) is 14.0. The van der Waals surface area contributed by atoms with E-state index < -0.39 is 0 Å². The van der Waals surface area contributed by atoms with E-state index in [1.54, 1.807) is 0 Å². The molecule has 0 saturated heterocycles. The van der Waals surface area contributed by atoms with Gasteiger partial charge in [-0.2, -0.15) is 0 Å². The molecule has 23 heavy (non-hydrogen) atoms. The van der Waals surface area contributed by atoms with Crippen molar-refractivity contribution in [1.29, 1.82) is 0 Å². The molecule has 3 nitrogen and oxygen atoms in total. The largest absolute Gasteiger partial charge is 0.484 e. The normalized spacial score (nSPS) is 11.8.